The number of hydrogen-bond donors (Lipinski definition) is 0. The predicted octanol–water partition coefficient (Wildman–Crippen LogP) is 2.73. The second-order valence-corrected chi connectivity index (χ2v) is 4.87. The summed E-state index contributed by atoms with van der Waals surface area (Å²) >= 11 is 0. The van der Waals surface area contributed by atoms with Crippen LogP contribution in [0.5, 0.6) is 0 Å². The molecule has 1 aromatic heterocycles. The van der Waals surface area contributed by atoms with E-state index in [2.05, 4.69) is 9.98 Å². The molecule has 0 fully saturated rings. The molecule has 2 heterocycles. The molecule has 0 saturated heterocycles. The Morgan fingerprint density at radius 1 is 1.25 bits per heavy atom. The molecule has 0 aliphatic carbocycles. The Hall–Kier alpha value is -2.53. The molecule has 1 unspecified atom stereocenters. The highest BCUT2D eigenvalue weighted by molar-refractivity contribution is 5.89. The number of imidazole rings is 1. The molecule has 2 aromatic rings. The number of quaternary nitrogens is 1. The van der Waals surface area contributed by atoms with E-state index in [9.17, 15) is 4.79 Å². The maximum atomic E-state index is 12.7. The van der Waals surface area contributed by atoms with E-state index in [1.807, 2.05) is 44.3 Å². The third kappa shape index (κ3) is 1.80. The highest BCUT2D eigenvalue weighted by atomic mass is 16.2. The van der Waals surface area contributed by atoms with Gasteiger partial charge in [0.25, 0.3) is 0 Å². The monoisotopic (exact) mass is 267 g/mol. The first-order valence-electron chi connectivity index (χ1n) is 6.34. The lowest BCUT2D eigenvalue weighted by molar-refractivity contribution is -0.642. The molecule has 1 aliphatic rings. The quantitative estimate of drug-likeness (QED) is 0.746. The highest BCUT2D eigenvalue weighted by Gasteiger charge is 2.42. The van der Waals surface area contributed by atoms with Crippen molar-refractivity contribution in [2.75, 3.05) is 7.05 Å². The Morgan fingerprint density at radius 2 is 2.00 bits per heavy atom. The molecule has 1 aliphatic heterocycles. The van der Waals surface area contributed by atoms with E-state index < -0.39 is 0 Å². The molecule has 1 atom stereocenters. The van der Waals surface area contributed by atoms with Gasteiger partial charge in [-0.05, 0) is 19.1 Å². The Balaban J connectivity index is 2.10. The van der Waals surface area contributed by atoms with Gasteiger partial charge < -0.3 is 0 Å². The van der Waals surface area contributed by atoms with Gasteiger partial charge in [-0.3, -0.25) is 0 Å². The number of hydrogen-bond acceptors (Lipinski definition) is 3. The smallest absolute Gasteiger partial charge is 0.245 e. The summed E-state index contributed by atoms with van der Waals surface area (Å²) in [5.74, 6) is 0. The lowest BCUT2D eigenvalue weighted by atomic mass is 10.1. The van der Waals surface area contributed by atoms with E-state index in [0.29, 0.717) is 0 Å². The van der Waals surface area contributed by atoms with Crippen LogP contribution in [0.3, 0.4) is 0 Å². The molecule has 0 radical (unpaired) electrons. The minimum atomic E-state index is -0.109. The van der Waals surface area contributed by atoms with Crippen LogP contribution < -0.4 is 0 Å². The van der Waals surface area contributed by atoms with Crippen LogP contribution in [0.2, 0.25) is 0 Å². The molecule has 3 rings (SSSR count). The second kappa shape index (κ2) is 4.54. The number of carbonyl (C=O) groups excluding carboxylic acids is 1. The average Bonchev–Trinajstić information content (AvgIpc) is 3.08. The molecular formula is C15H15N4O+. The van der Waals surface area contributed by atoms with Crippen molar-refractivity contribution in [1.29, 1.82) is 0 Å². The van der Waals surface area contributed by atoms with Crippen LogP contribution in [-0.2, 0) is 0 Å². The largest absolute Gasteiger partial charge is 0.439 e. The zero-order valence-electron chi connectivity index (χ0n) is 11.4. The third-order valence-corrected chi connectivity index (χ3v) is 3.46. The number of rotatable bonds is 1. The van der Waals surface area contributed by atoms with Crippen molar-refractivity contribution in [1.82, 2.24) is 9.55 Å². The summed E-state index contributed by atoms with van der Waals surface area (Å²) in [4.78, 5) is 21.0. The molecule has 100 valence electrons. The van der Waals surface area contributed by atoms with Crippen molar-refractivity contribution in [2.45, 2.75) is 6.92 Å². The van der Waals surface area contributed by atoms with Gasteiger partial charge in [0.15, 0.2) is 5.70 Å². The van der Waals surface area contributed by atoms with E-state index in [-0.39, 0.29) is 10.5 Å². The van der Waals surface area contributed by atoms with Crippen molar-refractivity contribution < 1.29 is 9.28 Å². The maximum absolute atomic E-state index is 12.7. The van der Waals surface area contributed by atoms with Crippen LogP contribution >= 0.6 is 0 Å². The van der Waals surface area contributed by atoms with Crippen molar-refractivity contribution in [3.05, 3.63) is 60.3 Å². The number of benzene rings is 1. The summed E-state index contributed by atoms with van der Waals surface area (Å²) in [5, 5.41) is 0. The van der Waals surface area contributed by atoms with Gasteiger partial charge in [0.05, 0.1) is 7.05 Å². The lowest BCUT2D eigenvalue weighted by Crippen LogP contribution is -2.47. The van der Waals surface area contributed by atoms with Gasteiger partial charge in [-0.15, -0.1) is 0 Å². The predicted molar refractivity (Wildman–Crippen MR) is 76.7 cm³/mol. The summed E-state index contributed by atoms with van der Waals surface area (Å²) in [6, 6.07) is 9.75. The molecular weight excluding hydrogens is 252 g/mol. The number of allylic oxidation sites excluding steroid dienone is 1. The molecule has 0 saturated carbocycles. The fourth-order valence-corrected chi connectivity index (χ4v) is 2.49. The van der Waals surface area contributed by atoms with E-state index in [1.54, 1.807) is 18.7 Å². The molecule has 5 nitrogen and oxygen atoms in total. The Bertz CT molecular complexity index is 701. The number of amides is 1. The van der Waals surface area contributed by atoms with Crippen LogP contribution in [-0.4, -0.2) is 33.5 Å². The zero-order chi connectivity index (χ0) is 14.2. The van der Waals surface area contributed by atoms with Crippen LogP contribution in [0, 0.1) is 0 Å². The normalized spacial score (nSPS) is 21.5. The minimum Gasteiger partial charge on any atom is -0.245 e. The molecule has 0 bridgehead atoms. The number of carbonyl (C=O) groups is 1. The van der Waals surface area contributed by atoms with Gasteiger partial charge in [0.1, 0.15) is 12.0 Å². The van der Waals surface area contributed by atoms with Gasteiger partial charge >= 0.3 is 6.03 Å². The summed E-state index contributed by atoms with van der Waals surface area (Å²) in [7, 11) is 1.84. The first kappa shape index (κ1) is 12.5. The fraction of sp³-hybridized carbons (Fsp3) is 0.133. The molecule has 1 aromatic carbocycles. The van der Waals surface area contributed by atoms with Crippen molar-refractivity contribution in [3.63, 3.8) is 0 Å². The minimum absolute atomic E-state index is 0.00616. The Morgan fingerprint density at radius 3 is 2.65 bits per heavy atom. The molecule has 0 spiro atoms. The molecule has 20 heavy (non-hydrogen) atoms. The molecule has 5 heteroatoms. The van der Waals surface area contributed by atoms with Crippen LogP contribution in [0.4, 0.5) is 4.79 Å². The Labute approximate surface area is 117 Å². The van der Waals surface area contributed by atoms with E-state index >= 15 is 0 Å². The van der Waals surface area contributed by atoms with Crippen molar-refractivity contribution >= 4 is 18.1 Å². The van der Waals surface area contributed by atoms with Crippen LogP contribution in [0.15, 0.2) is 59.7 Å². The number of aliphatic imine (C=N–C) groups is 1. The molecule has 0 N–H and O–H groups in total. The third-order valence-electron chi connectivity index (χ3n) is 3.46. The maximum Gasteiger partial charge on any atom is 0.439 e. The average molecular weight is 267 g/mol. The van der Waals surface area contributed by atoms with Gasteiger partial charge in [-0.25, -0.2) is 19.3 Å². The standard InChI is InChI=1S/C15H15N4O/c1-12-14(13-6-4-3-5-7-13)19(2,11-17-12)15(20)18-9-8-16-10-18/h3-11H,1-2H3/q+1. The number of nitrogens with zero attached hydrogens (tertiary/aromatic N) is 4. The van der Waals surface area contributed by atoms with Gasteiger partial charge in [0, 0.05) is 18.0 Å². The lowest BCUT2D eigenvalue weighted by Gasteiger charge is -2.25. The SMILES string of the molecule is CC1=C(c2ccccc2)[N+](C)(C(=O)n2ccnc2)C=N1. The first-order chi connectivity index (χ1) is 9.63. The highest BCUT2D eigenvalue weighted by Crippen LogP contribution is 2.33. The zero-order valence-corrected chi connectivity index (χ0v) is 11.4. The van der Waals surface area contributed by atoms with Gasteiger partial charge in [0.2, 0.25) is 6.34 Å². The van der Waals surface area contributed by atoms with Crippen molar-refractivity contribution in [2.24, 2.45) is 4.99 Å². The van der Waals surface area contributed by atoms with Crippen molar-refractivity contribution in [3.8, 4) is 0 Å². The second-order valence-electron chi connectivity index (χ2n) is 4.87. The summed E-state index contributed by atoms with van der Waals surface area (Å²) in [5.41, 5.74) is 2.75. The van der Waals surface area contributed by atoms with Crippen LogP contribution in [0.25, 0.3) is 5.70 Å². The van der Waals surface area contributed by atoms with E-state index in [4.69, 9.17) is 0 Å². The van der Waals surface area contributed by atoms with Gasteiger partial charge in [-0.2, -0.15) is 4.48 Å². The summed E-state index contributed by atoms with van der Waals surface area (Å²) in [6.45, 7) is 1.92. The fourth-order valence-electron chi connectivity index (χ4n) is 2.49. The number of aromatic nitrogens is 2. The topological polar surface area (TPSA) is 47.2 Å². The van der Waals surface area contributed by atoms with E-state index in [0.717, 1.165) is 17.0 Å². The Kier molecular flexibility index (Phi) is 2.84. The molecule has 1 amide bonds. The van der Waals surface area contributed by atoms with Gasteiger partial charge in [-0.1, -0.05) is 18.2 Å². The van der Waals surface area contributed by atoms with E-state index in [1.165, 1.54) is 10.9 Å². The summed E-state index contributed by atoms with van der Waals surface area (Å²) in [6.07, 6.45) is 6.42. The first-order valence-corrected chi connectivity index (χ1v) is 6.34. The van der Waals surface area contributed by atoms with Crippen LogP contribution in [0.1, 0.15) is 12.5 Å². The summed E-state index contributed by atoms with van der Waals surface area (Å²) < 4.78 is 1.49.